The number of carboxylic acids is 1. The van der Waals surface area contributed by atoms with Gasteiger partial charge in [0.25, 0.3) is 0 Å². The molecule has 19 heavy (non-hydrogen) atoms. The predicted molar refractivity (Wildman–Crippen MR) is 70.2 cm³/mol. The molecule has 2 aliphatic heterocycles. The number of piperidine rings is 1. The van der Waals surface area contributed by atoms with Crippen LogP contribution in [0.2, 0.25) is 0 Å². The van der Waals surface area contributed by atoms with E-state index in [0.29, 0.717) is 17.9 Å². The molecule has 2 saturated heterocycles. The fraction of sp³-hybridized carbons (Fsp3) is 0.615. The van der Waals surface area contributed by atoms with Gasteiger partial charge >= 0.3 is 5.97 Å². The standard InChI is InChI=1S/C13H18N4O2/c18-13(19)11-7-14-8-15-12(11)16-9-3-5-17-4-1-2-10(17)6-9/h7-10H,1-6H2,(H,18,19)(H,14,15,16). The molecule has 0 amide bonds. The van der Waals surface area contributed by atoms with Gasteiger partial charge in [-0.05, 0) is 32.2 Å². The van der Waals surface area contributed by atoms with Crippen LogP contribution in [0.3, 0.4) is 0 Å². The quantitative estimate of drug-likeness (QED) is 0.852. The molecule has 0 bridgehead atoms. The number of aromatic nitrogens is 2. The Labute approximate surface area is 111 Å². The van der Waals surface area contributed by atoms with Crippen molar-refractivity contribution in [3.63, 3.8) is 0 Å². The SMILES string of the molecule is O=C(O)c1cncnc1NC1CCN2CCCC2C1. The maximum Gasteiger partial charge on any atom is 0.341 e. The zero-order valence-corrected chi connectivity index (χ0v) is 10.7. The molecule has 2 aliphatic rings. The number of carbonyl (C=O) groups is 1. The first-order valence-electron chi connectivity index (χ1n) is 6.78. The number of nitrogens with zero attached hydrogens (tertiary/aromatic N) is 3. The lowest BCUT2D eigenvalue weighted by molar-refractivity contribution is 0.0697. The highest BCUT2D eigenvalue weighted by molar-refractivity contribution is 5.92. The second kappa shape index (κ2) is 5.13. The smallest absolute Gasteiger partial charge is 0.341 e. The molecule has 6 nitrogen and oxygen atoms in total. The van der Waals surface area contributed by atoms with Crippen LogP contribution in [0, 0.1) is 0 Å². The van der Waals surface area contributed by atoms with Crippen molar-refractivity contribution >= 4 is 11.8 Å². The van der Waals surface area contributed by atoms with E-state index in [1.54, 1.807) is 0 Å². The van der Waals surface area contributed by atoms with E-state index in [2.05, 4.69) is 20.2 Å². The van der Waals surface area contributed by atoms with Crippen molar-refractivity contribution in [2.75, 3.05) is 18.4 Å². The Balaban J connectivity index is 1.70. The molecular formula is C13H18N4O2. The summed E-state index contributed by atoms with van der Waals surface area (Å²) in [7, 11) is 0. The van der Waals surface area contributed by atoms with Gasteiger partial charge in [0.2, 0.25) is 0 Å². The van der Waals surface area contributed by atoms with Gasteiger partial charge in [0, 0.05) is 24.8 Å². The monoisotopic (exact) mass is 262 g/mol. The summed E-state index contributed by atoms with van der Waals surface area (Å²) < 4.78 is 0. The molecule has 1 aromatic rings. The molecule has 1 aromatic heterocycles. The lowest BCUT2D eigenvalue weighted by Crippen LogP contribution is -2.43. The first kappa shape index (κ1) is 12.3. The molecule has 3 rings (SSSR count). The predicted octanol–water partition coefficient (Wildman–Crippen LogP) is 1.21. The first-order chi connectivity index (χ1) is 9.24. The first-order valence-corrected chi connectivity index (χ1v) is 6.78. The maximum absolute atomic E-state index is 11.1. The summed E-state index contributed by atoms with van der Waals surface area (Å²) in [6.07, 6.45) is 7.39. The van der Waals surface area contributed by atoms with Crippen molar-refractivity contribution in [1.29, 1.82) is 0 Å². The lowest BCUT2D eigenvalue weighted by Gasteiger charge is -2.35. The summed E-state index contributed by atoms with van der Waals surface area (Å²) >= 11 is 0. The molecule has 0 radical (unpaired) electrons. The number of aromatic carboxylic acids is 1. The summed E-state index contributed by atoms with van der Waals surface area (Å²) in [6.45, 7) is 2.31. The highest BCUT2D eigenvalue weighted by Gasteiger charge is 2.32. The average Bonchev–Trinajstić information content (AvgIpc) is 2.86. The van der Waals surface area contributed by atoms with E-state index in [1.807, 2.05) is 0 Å². The van der Waals surface area contributed by atoms with Crippen molar-refractivity contribution in [2.45, 2.75) is 37.8 Å². The third-order valence-corrected chi connectivity index (χ3v) is 4.10. The minimum atomic E-state index is -0.985. The van der Waals surface area contributed by atoms with Gasteiger partial charge in [0.05, 0.1) is 0 Å². The molecule has 102 valence electrons. The number of nitrogens with one attached hydrogen (secondary N) is 1. The van der Waals surface area contributed by atoms with Crippen LogP contribution in [0.4, 0.5) is 5.82 Å². The van der Waals surface area contributed by atoms with Gasteiger partial charge in [-0.2, -0.15) is 0 Å². The second-order valence-electron chi connectivity index (χ2n) is 5.29. The summed E-state index contributed by atoms with van der Waals surface area (Å²) in [6, 6.07) is 0.966. The number of carboxylic acid groups (broad SMARTS) is 1. The molecule has 2 fully saturated rings. The fourth-order valence-corrected chi connectivity index (χ4v) is 3.15. The number of hydrogen-bond donors (Lipinski definition) is 2. The summed E-state index contributed by atoms with van der Waals surface area (Å²) in [5.41, 5.74) is 0.149. The molecule has 0 saturated carbocycles. The Morgan fingerprint density at radius 3 is 3.16 bits per heavy atom. The Morgan fingerprint density at radius 2 is 2.32 bits per heavy atom. The van der Waals surface area contributed by atoms with E-state index >= 15 is 0 Å². The molecular weight excluding hydrogens is 244 g/mol. The van der Waals surface area contributed by atoms with Crippen LogP contribution in [0.15, 0.2) is 12.5 Å². The van der Waals surface area contributed by atoms with Gasteiger partial charge < -0.3 is 15.3 Å². The summed E-state index contributed by atoms with van der Waals surface area (Å²) in [4.78, 5) is 21.5. The number of hydrogen-bond acceptors (Lipinski definition) is 5. The van der Waals surface area contributed by atoms with Gasteiger partial charge in [-0.15, -0.1) is 0 Å². The van der Waals surface area contributed by atoms with Gasteiger partial charge in [-0.25, -0.2) is 14.8 Å². The van der Waals surface area contributed by atoms with Crippen LogP contribution >= 0.6 is 0 Å². The lowest BCUT2D eigenvalue weighted by atomic mass is 9.97. The second-order valence-corrected chi connectivity index (χ2v) is 5.29. The van der Waals surface area contributed by atoms with Crippen LogP contribution in [-0.4, -0.2) is 51.1 Å². The zero-order valence-electron chi connectivity index (χ0n) is 10.7. The largest absolute Gasteiger partial charge is 0.477 e. The third kappa shape index (κ3) is 2.53. The van der Waals surface area contributed by atoms with E-state index in [0.717, 1.165) is 19.4 Å². The Morgan fingerprint density at radius 1 is 1.42 bits per heavy atom. The molecule has 0 spiro atoms. The molecule has 0 aliphatic carbocycles. The average molecular weight is 262 g/mol. The van der Waals surface area contributed by atoms with E-state index in [4.69, 9.17) is 5.11 Å². The third-order valence-electron chi connectivity index (χ3n) is 4.10. The fourth-order valence-electron chi connectivity index (χ4n) is 3.15. The number of rotatable bonds is 3. The van der Waals surface area contributed by atoms with Crippen LogP contribution in [-0.2, 0) is 0 Å². The maximum atomic E-state index is 11.1. The van der Waals surface area contributed by atoms with Crippen LogP contribution < -0.4 is 5.32 Å². The highest BCUT2D eigenvalue weighted by Crippen LogP contribution is 2.28. The minimum Gasteiger partial charge on any atom is -0.477 e. The molecule has 3 heterocycles. The van der Waals surface area contributed by atoms with Crippen molar-refractivity contribution in [2.24, 2.45) is 0 Å². The Bertz CT molecular complexity index is 479. The van der Waals surface area contributed by atoms with E-state index in [-0.39, 0.29) is 5.56 Å². The van der Waals surface area contributed by atoms with E-state index in [1.165, 1.54) is 31.9 Å². The van der Waals surface area contributed by atoms with Gasteiger partial charge in [-0.1, -0.05) is 0 Å². The van der Waals surface area contributed by atoms with Gasteiger partial charge in [0.1, 0.15) is 17.7 Å². The zero-order chi connectivity index (χ0) is 13.2. The van der Waals surface area contributed by atoms with Crippen molar-refractivity contribution in [3.8, 4) is 0 Å². The van der Waals surface area contributed by atoms with Gasteiger partial charge in [-0.3, -0.25) is 0 Å². The van der Waals surface area contributed by atoms with Crippen molar-refractivity contribution < 1.29 is 9.90 Å². The van der Waals surface area contributed by atoms with Crippen molar-refractivity contribution in [3.05, 3.63) is 18.1 Å². The van der Waals surface area contributed by atoms with Crippen LogP contribution in [0.25, 0.3) is 0 Å². The molecule has 2 atom stereocenters. The molecule has 2 unspecified atom stereocenters. The van der Waals surface area contributed by atoms with Crippen LogP contribution in [0.5, 0.6) is 0 Å². The molecule has 0 aromatic carbocycles. The van der Waals surface area contributed by atoms with E-state index < -0.39 is 5.97 Å². The van der Waals surface area contributed by atoms with E-state index in [9.17, 15) is 4.79 Å². The Hall–Kier alpha value is -1.69. The highest BCUT2D eigenvalue weighted by atomic mass is 16.4. The topological polar surface area (TPSA) is 78.3 Å². The number of anilines is 1. The minimum absolute atomic E-state index is 0.149. The van der Waals surface area contributed by atoms with Crippen molar-refractivity contribution in [1.82, 2.24) is 14.9 Å². The summed E-state index contributed by atoms with van der Waals surface area (Å²) in [5.74, 6) is -0.541. The summed E-state index contributed by atoms with van der Waals surface area (Å²) in [5, 5.41) is 12.4. The normalized spacial score (nSPS) is 26.9. The molecule has 6 heteroatoms. The number of fused-ring (bicyclic) bond motifs is 1. The molecule has 2 N–H and O–H groups in total. The van der Waals surface area contributed by atoms with Gasteiger partial charge in [0.15, 0.2) is 0 Å². The Kier molecular flexibility index (Phi) is 3.33. The van der Waals surface area contributed by atoms with Crippen LogP contribution in [0.1, 0.15) is 36.0 Å².